The Hall–Kier alpha value is -1.13. The molecule has 0 unspecified atom stereocenters. The molecule has 0 atom stereocenters. The summed E-state index contributed by atoms with van der Waals surface area (Å²) in [6.45, 7) is 11.2. The molecule has 108 valence electrons. The predicted octanol–water partition coefficient (Wildman–Crippen LogP) is 2.63. The number of pyridine rings is 1. The molecule has 0 saturated heterocycles. The Morgan fingerprint density at radius 1 is 1.16 bits per heavy atom. The summed E-state index contributed by atoms with van der Waals surface area (Å²) in [5.74, 6) is 1.22. The molecule has 19 heavy (non-hydrogen) atoms. The molecule has 0 spiro atoms. The van der Waals surface area contributed by atoms with Crippen LogP contribution in [0.3, 0.4) is 0 Å². The quantitative estimate of drug-likeness (QED) is 0.698. The van der Waals surface area contributed by atoms with E-state index in [2.05, 4.69) is 38.0 Å². The summed E-state index contributed by atoms with van der Waals surface area (Å²) >= 11 is 0. The van der Waals surface area contributed by atoms with Gasteiger partial charge in [-0.1, -0.05) is 33.8 Å². The average Bonchev–Trinajstić information content (AvgIpc) is 2.36. The maximum Gasteiger partial charge on any atom is 0.213 e. The van der Waals surface area contributed by atoms with E-state index in [1.807, 2.05) is 18.2 Å². The van der Waals surface area contributed by atoms with E-state index in [9.17, 15) is 0 Å². The number of aromatic nitrogens is 1. The lowest BCUT2D eigenvalue weighted by Crippen LogP contribution is -2.22. The van der Waals surface area contributed by atoms with Gasteiger partial charge in [0.2, 0.25) is 5.88 Å². The second kappa shape index (κ2) is 8.88. The van der Waals surface area contributed by atoms with Crippen molar-refractivity contribution in [3.05, 3.63) is 23.9 Å². The monoisotopic (exact) mass is 266 g/mol. The summed E-state index contributed by atoms with van der Waals surface area (Å²) < 4.78 is 11.0. The van der Waals surface area contributed by atoms with Crippen LogP contribution in [0.5, 0.6) is 5.88 Å². The summed E-state index contributed by atoms with van der Waals surface area (Å²) in [6, 6.07) is 6.30. The van der Waals surface area contributed by atoms with Crippen LogP contribution in [-0.4, -0.2) is 30.8 Å². The zero-order chi connectivity index (χ0) is 14.1. The lowest BCUT2D eigenvalue weighted by molar-refractivity contribution is 0.0805. The SMILES string of the molecule is CC(C)COCCOc1cccc(CNC(C)C)n1. The van der Waals surface area contributed by atoms with Crippen LogP contribution in [0.2, 0.25) is 0 Å². The molecular weight excluding hydrogens is 240 g/mol. The van der Waals surface area contributed by atoms with Crippen molar-refractivity contribution in [2.24, 2.45) is 5.92 Å². The van der Waals surface area contributed by atoms with Crippen LogP contribution < -0.4 is 10.1 Å². The van der Waals surface area contributed by atoms with Crippen molar-refractivity contribution in [1.82, 2.24) is 10.3 Å². The van der Waals surface area contributed by atoms with Gasteiger partial charge in [-0.05, 0) is 12.0 Å². The van der Waals surface area contributed by atoms with E-state index in [0.29, 0.717) is 31.1 Å². The third-order valence-corrected chi connectivity index (χ3v) is 2.40. The third kappa shape index (κ3) is 7.80. The van der Waals surface area contributed by atoms with Crippen LogP contribution in [0.15, 0.2) is 18.2 Å². The van der Waals surface area contributed by atoms with Crippen molar-refractivity contribution in [3.8, 4) is 5.88 Å². The van der Waals surface area contributed by atoms with Gasteiger partial charge in [-0.3, -0.25) is 0 Å². The minimum Gasteiger partial charge on any atom is -0.475 e. The summed E-state index contributed by atoms with van der Waals surface area (Å²) in [5, 5.41) is 3.34. The van der Waals surface area contributed by atoms with Gasteiger partial charge in [0.05, 0.1) is 12.3 Å². The van der Waals surface area contributed by atoms with Crippen molar-refractivity contribution >= 4 is 0 Å². The molecule has 0 aliphatic heterocycles. The van der Waals surface area contributed by atoms with Crippen molar-refractivity contribution in [1.29, 1.82) is 0 Å². The van der Waals surface area contributed by atoms with Gasteiger partial charge in [0.1, 0.15) is 6.61 Å². The maximum absolute atomic E-state index is 5.57. The van der Waals surface area contributed by atoms with Crippen molar-refractivity contribution in [2.75, 3.05) is 19.8 Å². The topological polar surface area (TPSA) is 43.4 Å². The number of hydrogen-bond acceptors (Lipinski definition) is 4. The predicted molar refractivity (Wildman–Crippen MR) is 77.4 cm³/mol. The molecule has 0 fully saturated rings. The molecule has 0 radical (unpaired) electrons. The largest absolute Gasteiger partial charge is 0.475 e. The standard InChI is InChI=1S/C15H26N2O2/c1-12(2)11-18-8-9-19-15-7-5-6-14(17-15)10-16-13(3)4/h5-7,12-13,16H,8-11H2,1-4H3. The zero-order valence-electron chi connectivity index (χ0n) is 12.5. The van der Waals surface area contributed by atoms with Crippen LogP contribution in [0.25, 0.3) is 0 Å². The highest BCUT2D eigenvalue weighted by Crippen LogP contribution is 2.07. The molecule has 4 heteroatoms. The van der Waals surface area contributed by atoms with E-state index in [1.165, 1.54) is 0 Å². The first-order valence-corrected chi connectivity index (χ1v) is 6.97. The van der Waals surface area contributed by atoms with E-state index in [-0.39, 0.29) is 0 Å². The van der Waals surface area contributed by atoms with E-state index in [0.717, 1.165) is 18.8 Å². The average molecular weight is 266 g/mol. The summed E-state index contributed by atoms with van der Waals surface area (Å²) in [5.41, 5.74) is 0.995. The highest BCUT2D eigenvalue weighted by Gasteiger charge is 2.00. The van der Waals surface area contributed by atoms with Crippen LogP contribution in [0, 0.1) is 5.92 Å². The van der Waals surface area contributed by atoms with Crippen molar-refractivity contribution in [2.45, 2.75) is 40.3 Å². The summed E-state index contributed by atoms with van der Waals surface area (Å²) in [6.07, 6.45) is 0. The Morgan fingerprint density at radius 3 is 2.63 bits per heavy atom. The van der Waals surface area contributed by atoms with Crippen LogP contribution in [0.4, 0.5) is 0 Å². The van der Waals surface area contributed by atoms with E-state index >= 15 is 0 Å². The smallest absolute Gasteiger partial charge is 0.213 e. The second-order valence-corrected chi connectivity index (χ2v) is 5.32. The lowest BCUT2D eigenvalue weighted by atomic mass is 10.2. The third-order valence-electron chi connectivity index (χ3n) is 2.40. The molecule has 0 saturated carbocycles. The fourth-order valence-electron chi connectivity index (χ4n) is 1.47. The van der Waals surface area contributed by atoms with E-state index < -0.39 is 0 Å². The molecule has 4 nitrogen and oxygen atoms in total. The summed E-state index contributed by atoms with van der Waals surface area (Å²) in [4.78, 5) is 4.44. The van der Waals surface area contributed by atoms with E-state index in [1.54, 1.807) is 0 Å². The van der Waals surface area contributed by atoms with Gasteiger partial charge in [-0.15, -0.1) is 0 Å². The molecule has 1 aromatic rings. The minimum absolute atomic E-state index is 0.454. The zero-order valence-corrected chi connectivity index (χ0v) is 12.5. The molecule has 0 aromatic carbocycles. The van der Waals surface area contributed by atoms with Gasteiger partial charge in [0.15, 0.2) is 0 Å². The number of hydrogen-bond donors (Lipinski definition) is 1. The van der Waals surface area contributed by atoms with Gasteiger partial charge in [0.25, 0.3) is 0 Å². The summed E-state index contributed by atoms with van der Waals surface area (Å²) in [7, 11) is 0. The highest BCUT2D eigenvalue weighted by molar-refractivity contribution is 5.15. The molecule has 0 bridgehead atoms. The Balaban J connectivity index is 2.27. The second-order valence-electron chi connectivity index (χ2n) is 5.32. The molecular formula is C15H26N2O2. The maximum atomic E-state index is 5.57. The van der Waals surface area contributed by atoms with Gasteiger partial charge >= 0.3 is 0 Å². The molecule has 0 aliphatic carbocycles. The van der Waals surface area contributed by atoms with Gasteiger partial charge in [-0.25, -0.2) is 4.98 Å². The molecule has 1 heterocycles. The van der Waals surface area contributed by atoms with E-state index in [4.69, 9.17) is 9.47 Å². The van der Waals surface area contributed by atoms with Crippen molar-refractivity contribution < 1.29 is 9.47 Å². The first kappa shape index (κ1) is 15.9. The Bertz CT molecular complexity index is 354. The minimum atomic E-state index is 0.454. The number of rotatable bonds is 9. The normalized spacial score (nSPS) is 11.3. The lowest BCUT2D eigenvalue weighted by Gasteiger charge is -2.10. The van der Waals surface area contributed by atoms with Crippen LogP contribution >= 0.6 is 0 Å². The van der Waals surface area contributed by atoms with Gasteiger partial charge < -0.3 is 14.8 Å². The fourth-order valence-corrected chi connectivity index (χ4v) is 1.47. The Morgan fingerprint density at radius 2 is 1.95 bits per heavy atom. The van der Waals surface area contributed by atoms with Gasteiger partial charge in [-0.2, -0.15) is 0 Å². The first-order valence-electron chi connectivity index (χ1n) is 6.97. The Kier molecular flexibility index (Phi) is 7.45. The Labute approximate surface area is 116 Å². The number of nitrogens with zero attached hydrogens (tertiary/aromatic N) is 1. The molecule has 1 rings (SSSR count). The van der Waals surface area contributed by atoms with Crippen molar-refractivity contribution in [3.63, 3.8) is 0 Å². The molecule has 1 N–H and O–H groups in total. The molecule has 0 aliphatic rings. The first-order chi connectivity index (χ1) is 9.08. The van der Waals surface area contributed by atoms with Crippen LogP contribution in [-0.2, 0) is 11.3 Å². The molecule has 1 aromatic heterocycles. The fraction of sp³-hybridized carbons (Fsp3) is 0.667. The number of nitrogens with one attached hydrogen (secondary N) is 1. The van der Waals surface area contributed by atoms with Crippen LogP contribution in [0.1, 0.15) is 33.4 Å². The molecule has 0 amide bonds. The van der Waals surface area contributed by atoms with Gasteiger partial charge in [0, 0.05) is 25.3 Å². The highest BCUT2D eigenvalue weighted by atomic mass is 16.5. The number of ether oxygens (including phenoxy) is 2.